The third kappa shape index (κ3) is 3.84. The molecule has 0 unspecified atom stereocenters. The predicted octanol–water partition coefficient (Wildman–Crippen LogP) is 4.23. The van der Waals surface area contributed by atoms with Crippen LogP contribution in [0.5, 0.6) is 0 Å². The minimum Gasteiger partial charge on any atom is -0.465 e. The van der Waals surface area contributed by atoms with Gasteiger partial charge in [0.05, 0.1) is 13.2 Å². The van der Waals surface area contributed by atoms with Crippen molar-refractivity contribution >= 4 is 18.0 Å². The standard InChI is InChI=1S/C21H26O4/c1-5-16-13-21(19(22)24-6-2,20(23)25-7-3)14-18(16)12-17-11-9-8-10-15(17)4/h5,8-12H,6-7,13-14H2,1-4H3/b16-5-,18-12+. The minimum absolute atomic E-state index is 0.238. The first-order valence-corrected chi connectivity index (χ1v) is 8.74. The lowest BCUT2D eigenvalue weighted by Gasteiger charge is -2.23. The number of carbonyl (C=O) groups excluding carboxylic acids is 2. The van der Waals surface area contributed by atoms with E-state index in [1.807, 2.05) is 44.2 Å². The molecule has 0 N–H and O–H groups in total. The molecule has 0 radical (unpaired) electrons. The summed E-state index contributed by atoms with van der Waals surface area (Å²) in [5.74, 6) is -0.998. The van der Waals surface area contributed by atoms with Crippen LogP contribution < -0.4 is 0 Å². The van der Waals surface area contributed by atoms with Gasteiger partial charge < -0.3 is 9.47 Å². The quantitative estimate of drug-likeness (QED) is 0.593. The number of rotatable bonds is 5. The zero-order valence-corrected chi connectivity index (χ0v) is 15.4. The van der Waals surface area contributed by atoms with Crippen LogP contribution in [-0.4, -0.2) is 25.2 Å². The number of aryl methyl sites for hydroxylation is 1. The second-order valence-electron chi connectivity index (χ2n) is 6.22. The fourth-order valence-electron chi connectivity index (χ4n) is 3.22. The summed E-state index contributed by atoms with van der Waals surface area (Å²) >= 11 is 0. The minimum atomic E-state index is -1.28. The Balaban J connectivity index is 2.47. The number of hydrogen-bond donors (Lipinski definition) is 0. The highest BCUT2D eigenvalue weighted by atomic mass is 16.6. The molecule has 4 nitrogen and oxygen atoms in total. The van der Waals surface area contributed by atoms with Crippen LogP contribution in [0.3, 0.4) is 0 Å². The van der Waals surface area contributed by atoms with E-state index in [0.29, 0.717) is 12.8 Å². The molecule has 0 aromatic heterocycles. The molecule has 0 atom stereocenters. The van der Waals surface area contributed by atoms with Crippen molar-refractivity contribution in [3.63, 3.8) is 0 Å². The second kappa shape index (κ2) is 8.15. The monoisotopic (exact) mass is 342 g/mol. The van der Waals surface area contributed by atoms with Crippen molar-refractivity contribution < 1.29 is 19.1 Å². The molecule has 25 heavy (non-hydrogen) atoms. The van der Waals surface area contributed by atoms with Crippen LogP contribution in [0.25, 0.3) is 6.08 Å². The lowest BCUT2D eigenvalue weighted by molar-refractivity contribution is -0.171. The molecule has 1 aromatic rings. The third-order valence-corrected chi connectivity index (χ3v) is 4.60. The Bertz CT molecular complexity index is 694. The Morgan fingerprint density at radius 2 is 1.60 bits per heavy atom. The first-order valence-electron chi connectivity index (χ1n) is 8.74. The largest absolute Gasteiger partial charge is 0.465 e. The van der Waals surface area contributed by atoms with Crippen LogP contribution in [0.1, 0.15) is 44.7 Å². The molecule has 4 heteroatoms. The second-order valence-corrected chi connectivity index (χ2v) is 6.22. The van der Waals surface area contributed by atoms with Gasteiger partial charge in [-0.25, -0.2) is 0 Å². The van der Waals surface area contributed by atoms with E-state index in [1.165, 1.54) is 0 Å². The summed E-state index contributed by atoms with van der Waals surface area (Å²) in [6, 6.07) is 8.04. The zero-order chi connectivity index (χ0) is 18.4. The number of esters is 2. The van der Waals surface area contributed by atoms with Gasteiger partial charge in [-0.1, -0.05) is 36.4 Å². The van der Waals surface area contributed by atoms with Crippen molar-refractivity contribution in [2.45, 2.75) is 40.5 Å². The Morgan fingerprint density at radius 1 is 1.04 bits per heavy atom. The molecule has 0 saturated heterocycles. The number of hydrogen-bond acceptors (Lipinski definition) is 4. The summed E-state index contributed by atoms with van der Waals surface area (Å²) in [5.41, 5.74) is 2.93. The van der Waals surface area contributed by atoms with E-state index in [1.54, 1.807) is 13.8 Å². The van der Waals surface area contributed by atoms with Gasteiger partial charge in [-0.05, 0) is 62.8 Å². The Labute approximate surface area is 149 Å². The SMILES string of the molecule is C/C=C1/CC(C(=O)OCC)(C(=O)OCC)C/C1=C\c1ccccc1C. The summed E-state index contributed by atoms with van der Waals surface area (Å²) in [7, 11) is 0. The Kier molecular flexibility index (Phi) is 6.18. The zero-order valence-electron chi connectivity index (χ0n) is 15.4. The molecule has 0 heterocycles. The Morgan fingerprint density at radius 3 is 2.12 bits per heavy atom. The maximum Gasteiger partial charge on any atom is 0.324 e. The average molecular weight is 342 g/mol. The molecule has 0 amide bonds. The van der Waals surface area contributed by atoms with Gasteiger partial charge >= 0.3 is 11.9 Å². The smallest absolute Gasteiger partial charge is 0.324 e. The van der Waals surface area contributed by atoms with Gasteiger partial charge in [0, 0.05) is 0 Å². The lowest BCUT2D eigenvalue weighted by atomic mass is 9.85. The van der Waals surface area contributed by atoms with E-state index in [4.69, 9.17) is 9.47 Å². The first kappa shape index (κ1) is 19.0. The van der Waals surface area contributed by atoms with Crippen LogP contribution >= 0.6 is 0 Å². The van der Waals surface area contributed by atoms with E-state index in [0.717, 1.165) is 22.3 Å². The Hall–Kier alpha value is -2.36. The fraction of sp³-hybridized carbons (Fsp3) is 0.429. The van der Waals surface area contributed by atoms with Crippen LogP contribution in [-0.2, 0) is 19.1 Å². The van der Waals surface area contributed by atoms with Crippen LogP contribution in [0.2, 0.25) is 0 Å². The first-order chi connectivity index (χ1) is 12.0. The lowest BCUT2D eigenvalue weighted by Crippen LogP contribution is -2.39. The fourth-order valence-corrected chi connectivity index (χ4v) is 3.22. The van der Waals surface area contributed by atoms with E-state index in [9.17, 15) is 9.59 Å². The van der Waals surface area contributed by atoms with E-state index < -0.39 is 17.4 Å². The topological polar surface area (TPSA) is 52.6 Å². The number of benzene rings is 1. The van der Waals surface area contributed by atoms with Crippen molar-refractivity contribution in [1.82, 2.24) is 0 Å². The highest BCUT2D eigenvalue weighted by Crippen LogP contribution is 2.47. The summed E-state index contributed by atoms with van der Waals surface area (Å²) in [6.07, 6.45) is 4.65. The van der Waals surface area contributed by atoms with Crippen molar-refractivity contribution in [1.29, 1.82) is 0 Å². The number of carbonyl (C=O) groups is 2. The van der Waals surface area contributed by atoms with E-state index in [-0.39, 0.29) is 13.2 Å². The molecular formula is C21H26O4. The molecule has 134 valence electrons. The van der Waals surface area contributed by atoms with Gasteiger partial charge in [-0.2, -0.15) is 0 Å². The van der Waals surface area contributed by atoms with E-state index in [2.05, 4.69) is 6.08 Å². The van der Waals surface area contributed by atoms with Gasteiger partial charge in [-0.15, -0.1) is 0 Å². The molecule has 0 spiro atoms. The summed E-state index contributed by atoms with van der Waals surface area (Å²) in [5, 5.41) is 0. The highest BCUT2D eigenvalue weighted by molar-refractivity contribution is 6.02. The van der Waals surface area contributed by atoms with Crippen LogP contribution in [0.15, 0.2) is 41.5 Å². The van der Waals surface area contributed by atoms with Gasteiger partial charge in [-0.3, -0.25) is 9.59 Å². The highest BCUT2D eigenvalue weighted by Gasteiger charge is 2.54. The molecule has 1 saturated carbocycles. The summed E-state index contributed by atoms with van der Waals surface area (Å²) in [4.78, 5) is 25.3. The van der Waals surface area contributed by atoms with Gasteiger partial charge in [0.15, 0.2) is 5.41 Å². The van der Waals surface area contributed by atoms with Crippen LogP contribution in [0.4, 0.5) is 0 Å². The van der Waals surface area contributed by atoms with Crippen molar-refractivity contribution in [2.75, 3.05) is 13.2 Å². The molecule has 0 aliphatic heterocycles. The van der Waals surface area contributed by atoms with Crippen LogP contribution in [0, 0.1) is 12.3 Å². The number of allylic oxidation sites excluding steroid dienone is 3. The summed E-state index contributed by atoms with van der Waals surface area (Å²) < 4.78 is 10.4. The van der Waals surface area contributed by atoms with Crippen molar-refractivity contribution in [2.24, 2.45) is 5.41 Å². The molecular weight excluding hydrogens is 316 g/mol. The molecule has 1 aromatic carbocycles. The molecule has 2 rings (SSSR count). The normalized spacial score (nSPS) is 19.2. The van der Waals surface area contributed by atoms with Gasteiger partial charge in [0.25, 0.3) is 0 Å². The van der Waals surface area contributed by atoms with E-state index >= 15 is 0 Å². The van der Waals surface area contributed by atoms with Crippen molar-refractivity contribution in [3.05, 3.63) is 52.6 Å². The summed E-state index contributed by atoms with van der Waals surface area (Å²) in [6.45, 7) is 7.93. The van der Waals surface area contributed by atoms with Crippen molar-refractivity contribution in [3.8, 4) is 0 Å². The molecule has 1 aliphatic rings. The number of ether oxygens (including phenoxy) is 2. The van der Waals surface area contributed by atoms with Gasteiger partial charge in [0.1, 0.15) is 0 Å². The molecule has 1 aliphatic carbocycles. The molecule has 0 bridgehead atoms. The molecule has 1 fully saturated rings. The average Bonchev–Trinajstić information content (AvgIpc) is 2.97. The maximum absolute atomic E-state index is 12.6. The predicted molar refractivity (Wildman–Crippen MR) is 97.8 cm³/mol. The third-order valence-electron chi connectivity index (χ3n) is 4.60. The van der Waals surface area contributed by atoms with Gasteiger partial charge in [0.2, 0.25) is 0 Å². The maximum atomic E-state index is 12.6.